The molecule has 1 aromatic rings. The molecular formula is C16H18F2N2O2S. The first kappa shape index (κ1) is 17.5. The van der Waals surface area contributed by atoms with E-state index in [4.69, 9.17) is 4.74 Å². The highest BCUT2D eigenvalue weighted by Gasteiger charge is 2.31. The van der Waals surface area contributed by atoms with Crippen LogP contribution < -0.4 is 5.32 Å². The second kappa shape index (κ2) is 6.31. The summed E-state index contributed by atoms with van der Waals surface area (Å²) in [4.78, 5) is 16.1. The average Bonchev–Trinajstić information content (AvgIpc) is 2.39. The number of nitrogens with zero attached hydrogens (tertiary/aromatic N) is 1. The Labute approximate surface area is 138 Å². The summed E-state index contributed by atoms with van der Waals surface area (Å²) in [5.41, 5.74) is -1.52. The summed E-state index contributed by atoms with van der Waals surface area (Å²) in [6.07, 6.45) is 0.977. The molecule has 0 bridgehead atoms. The molecule has 0 saturated heterocycles. The fraction of sp³-hybridized carbons (Fsp3) is 0.375. The Bertz CT molecular complexity index is 683. The van der Waals surface area contributed by atoms with Gasteiger partial charge in [-0.15, -0.1) is 0 Å². The third-order valence-corrected chi connectivity index (χ3v) is 3.69. The van der Waals surface area contributed by atoms with E-state index in [0.29, 0.717) is 0 Å². The number of thioether (sulfide) groups is 1. The summed E-state index contributed by atoms with van der Waals surface area (Å²) in [6.45, 7) is 7.06. The smallest absolute Gasteiger partial charge is 0.385 e. The summed E-state index contributed by atoms with van der Waals surface area (Å²) in [7, 11) is 0. The molecule has 0 aliphatic carbocycles. The molecule has 1 amide bonds. The van der Waals surface area contributed by atoms with E-state index >= 15 is 0 Å². The highest BCUT2D eigenvalue weighted by atomic mass is 32.2. The van der Waals surface area contributed by atoms with E-state index in [2.05, 4.69) is 10.3 Å². The van der Waals surface area contributed by atoms with Crippen LogP contribution in [0.2, 0.25) is 0 Å². The van der Waals surface area contributed by atoms with E-state index in [9.17, 15) is 13.6 Å². The molecule has 23 heavy (non-hydrogen) atoms. The van der Waals surface area contributed by atoms with Crippen LogP contribution in [0, 0.1) is 11.6 Å². The maximum Gasteiger partial charge on any atom is 0.414 e. The Kier molecular flexibility index (Phi) is 4.79. The molecule has 1 heterocycles. The summed E-state index contributed by atoms with van der Waals surface area (Å²) in [6, 6.07) is 3.91. The molecule has 0 aromatic heterocycles. The lowest BCUT2D eigenvalue weighted by Gasteiger charge is -2.26. The summed E-state index contributed by atoms with van der Waals surface area (Å²) in [5, 5.41) is 4.35. The molecular weight excluding hydrogens is 322 g/mol. The van der Waals surface area contributed by atoms with Gasteiger partial charge in [0, 0.05) is 11.1 Å². The number of benzene rings is 1. The summed E-state index contributed by atoms with van der Waals surface area (Å²) >= 11 is 1.09. The monoisotopic (exact) mass is 340 g/mol. The van der Waals surface area contributed by atoms with Crippen molar-refractivity contribution in [1.29, 1.82) is 0 Å². The van der Waals surface area contributed by atoms with Crippen molar-refractivity contribution in [2.75, 3.05) is 0 Å². The molecule has 0 radical (unpaired) electrons. The topological polar surface area (TPSA) is 50.7 Å². The molecule has 1 N–H and O–H groups in total. The van der Waals surface area contributed by atoms with Crippen LogP contribution in [-0.2, 0) is 10.3 Å². The highest BCUT2D eigenvalue weighted by molar-refractivity contribution is 8.16. The van der Waals surface area contributed by atoms with Gasteiger partial charge in [0.05, 0.1) is 0 Å². The second-order valence-corrected chi connectivity index (χ2v) is 7.17. The van der Waals surface area contributed by atoms with Gasteiger partial charge in [0.25, 0.3) is 5.23 Å². The van der Waals surface area contributed by atoms with Crippen LogP contribution in [0.25, 0.3) is 0 Å². The number of amides is 1. The lowest BCUT2D eigenvalue weighted by atomic mass is 9.92. The highest BCUT2D eigenvalue weighted by Crippen LogP contribution is 2.35. The van der Waals surface area contributed by atoms with E-state index in [-0.39, 0.29) is 10.8 Å². The van der Waals surface area contributed by atoms with Gasteiger partial charge in [0.1, 0.15) is 5.54 Å². The molecule has 1 aliphatic rings. The molecule has 0 unspecified atom stereocenters. The zero-order valence-corrected chi connectivity index (χ0v) is 14.1. The molecule has 1 atom stereocenters. The van der Waals surface area contributed by atoms with Crippen LogP contribution in [0.1, 0.15) is 33.3 Å². The van der Waals surface area contributed by atoms with Crippen molar-refractivity contribution in [3.05, 3.63) is 46.9 Å². The van der Waals surface area contributed by atoms with Crippen LogP contribution in [0.5, 0.6) is 0 Å². The van der Waals surface area contributed by atoms with Crippen LogP contribution in [0.4, 0.5) is 13.6 Å². The predicted molar refractivity (Wildman–Crippen MR) is 87.2 cm³/mol. The van der Waals surface area contributed by atoms with E-state index < -0.39 is 28.8 Å². The Hall–Kier alpha value is -1.89. The molecule has 124 valence electrons. The minimum Gasteiger partial charge on any atom is -0.385 e. The number of hydrogen-bond donors (Lipinski definition) is 1. The number of rotatable bonds is 1. The Morgan fingerprint density at radius 3 is 2.70 bits per heavy atom. The van der Waals surface area contributed by atoms with Crippen LogP contribution in [-0.4, -0.2) is 16.9 Å². The number of carbonyl (C=O) groups is 1. The van der Waals surface area contributed by atoms with E-state index in [1.54, 1.807) is 18.4 Å². The zero-order chi connectivity index (χ0) is 17.3. The Balaban J connectivity index is 2.25. The van der Waals surface area contributed by atoms with Crippen LogP contribution in [0.3, 0.4) is 0 Å². The Morgan fingerprint density at radius 2 is 2.04 bits per heavy atom. The molecule has 0 spiro atoms. The molecule has 4 nitrogen and oxygen atoms in total. The summed E-state index contributed by atoms with van der Waals surface area (Å²) in [5.74, 6) is -1.91. The molecule has 0 saturated carbocycles. The third-order valence-electron chi connectivity index (χ3n) is 3.04. The largest absolute Gasteiger partial charge is 0.414 e. The van der Waals surface area contributed by atoms with Crippen molar-refractivity contribution < 1.29 is 18.3 Å². The number of halogens is 2. The number of aliphatic imine (C=N–C) groups is 1. The van der Waals surface area contributed by atoms with Gasteiger partial charge in [-0.05, 0) is 57.0 Å². The van der Waals surface area contributed by atoms with Crippen molar-refractivity contribution in [2.24, 2.45) is 4.99 Å². The van der Waals surface area contributed by atoms with Crippen molar-refractivity contribution in [3.63, 3.8) is 0 Å². The van der Waals surface area contributed by atoms with Gasteiger partial charge in [-0.1, -0.05) is 12.1 Å². The number of nitrogens with one attached hydrogen (secondary N) is 1. The average molecular weight is 340 g/mol. The number of ether oxygens (including phenoxy) is 1. The normalized spacial score (nSPS) is 20.9. The molecule has 2 rings (SSSR count). The molecule has 0 fully saturated rings. The second-order valence-electron chi connectivity index (χ2n) is 6.31. The fourth-order valence-corrected chi connectivity index (χ4v) is 2.80. The Morgan fingerprint density at radius 1 is 1.35 bits per heavy atom. The lowest BCUT2D eigenvalue weighted by Crippen LogP contribution is -2.41. The number of alkyl carbamates (subject to hydrolysis) is 1. The number of carbonyl (C=O) groups excluding carboxylic acids is 1. The fourth-order valence-electron chi connectivity index (χ4n) is 1.98. The van der Waals surface area contributed by atoms with Crippen molar-refractivity contribution in [2.45, 2.75) is 38.8 Å². The van der Waals surface area contributed by atoms with Gasteiger partial charge in [-0.25, -0.2) is 18.6 Å². The van der Waals surface area contributed by atoms with Gasteiger partial charge in [0.15, 0.2) is 11.6 Å². The molecule has 7 heteroatoms. The van der Waals surface area contributed by atoms with Crippen LogP contribution >= 0.6 is 11.8 Å². The van der Waals surface area contributed by atoms with E-state index in [1.807, 2.05) is 20.8 Å². The van der Waals surface area contributed by atoms with Crippen molar-refractivity contribution >= 4 is 23.1 Å². The van der Waals surface area contributed by atoms with Crippen molar-refractivity contribution in [3.8, 4) is 0 Å². The van der Waals surface area contributed by atoms with Gasteiger partial charge in [-0.3, -0.25) is 0 Å². The van der Waals surface area contributed by atoms with Gasteiger partial charge in [-0.2, -0.15) is 0 Å². The quantitative estimate of drug-likeness (QED) is 0.828. The summed E-state index contributed by atoms with van der Waals surface area (Å²) < 4.78 is 32.6. The first-order chi connectivity index (χ1) is 10.6. The molecule has 1 aromatic carbocycles. The van der Waals surface area contributed by atoms with Crippen molar-refractivity contribution in [1.82, 2.24) is 5.32 Å². The first-order valence-electron chi connectivity index (χ1n) is 6.99. The van der Waals surface area contributed by atoms with Gasteiger partial charge >= 0.3 is 6.09 Å². The predicted octanol–water partition coefficient (Wildman–Crippen LogP) is 4.32. The maximum absolute atomic E-state index is 14.0. The first-order valence-corrected chi connectivity index (χ1v) is 7.87. The van der Waals surface area contributed by atoms with Gasteiger partial charge < -0.3 is 10.1 Å². The standard InChI is InChI=1S/C16H18F2N2O2S/c1-15(2,3)19-13(21)22-14-20-16(4,8-9-23-14)10-6-5-7-11(17)12(10)18/h5-9H,1-4H3,(H,19,21)/t16-/m0/s1. The van der Waals surface area contributed by atoms with E-state index in [0.717, 1.165) is 17.8 Å². The zero-order valence-electron chi connectivity index (χ0n) is 13.3. The van der Waals surface area contributed by atoms with Gasteiger partial charge in [0.2, 0.25) is 0 Å². The SMILES string of the molecule is CC(C)(C)NC(=O)OC1=N[C@](C)(c2cccc(F)c2F)C=CS1. The van der Waals surface area contributed by atoms with E-state index in [1.165, 1.54) is 12.1 Å². The minimum absolute atomic E-state index is 0.0698. The number of hydrogen-bond acceptors (Lipinski definition) is 4. The van der Waals surface area contributed by atoms with Crippen LogP contribution in [0.15, 0.2) is 34.7 Å². The lowest BCUT2D eigenvalue weighted by molar-refractivity contribution is 0.188. The minimum atomic E-state index is -1.14. The third kappa shape index (κ3) is 4.31. The maximum atomic E-state index is 14.0. The molecule has 1 aliphatic heterocycles.